The number of amides is 2. The van der Waals surface area contributed by atoms with E-state index >= 15 is 0 Å². The number of pyridine rings is 1. The molecule has 1 atom stereocenters. The Balaban J connectivity index is 1.69. The summed E-state index contributed by atoms with van der Waals surface area (Å²) in [5.41, 5.74) is 3.70. The number of fused-ring (bicyclic) bond motifs is 1. The molecule has 8 nitrogen and oxygen atoms in total. The Bertz CT molecular complexity index is 1570. The van der Waals surface area contributed by atoms with Crippen molar-refractivity contribution in [3.05, 3.63) is 100 Å². The third-order valence-electron chi connectivity index (χ3n) is 6.82. The first-order valence-electron chi connectivity index (χ1n) is 13.3. The number of aromatic nitrogens is 3. The second kappa shape index (κ2) is 12.0. The van der Waals surface area contributed by atoms with Gasteiger partial charge in [-0.1, -0.05) is 68.8 Å². The van der Waals surface area contributed by atoms with Crippen LogP contribution in [0.5, 0.6) is 5.75 Å². The predicted molar refractivity (Wildman–Crippen MR) is 163 cm³/mol. The lowest BCUT2D eigenvalue weighted by Gasteiger charge is -2.25. The number of hydrogen-bond donors (Lipinski definition) is 1. The fraction of sp³-hybridized carbons (Fsp3) is 0.290. The van der Waals surface area contributed by atoms with Gasteiger partial charge in [-0.05, 0) is 29.8 Å². The van der Waals surface area contributed by atoms with Crippen LogP contribution >= 0.6 is 23.4 Å². The van der Waals surface area contributed by atoms with Crippen molar-refractivity contribution >= 4 is 41.0 Å². The average Bonchev–Trinajstić information content (AvgIpc) is 3.30. The topological polar surface area (TPSA) is 89.3 Å². The van der Waals surface area contributed by atoms with E-state index < -0.39 is 0 Å². The Morgan fingerprint density at radius 1 is 1.12 bits per heavy atom. The van der Waals surface area contributed by atoms with E-state index in [1.165, 1.54) is 11.8 Å². The molecular weight excluding hydrogens is 558 g/mol. The Hall–Kier alpha value is -3.82. The van der Waals surface area contributed by atoms with Crippen molar-refractivity contribution in [2.45, 2.75) is 38.0 Å². The third-order valence-corrected chi connectivity index (χ3v) is 8.37. The summed E-state index contributed by atoms with van der Waals surface area (Å²) in [5, 5.41) is 8.23. The number of halogens is 1. The normalized spacial score (nSPS) is 15.3. The zero-order valence-corrected chi connectivity index (χ0v) is 25.0. The van der Waals surface area contributed by atoms with E-state index in [4.69, 9.17) is 21.4 Å². The van der Waals surface area contributed by atoms with E-state index in [9.17, 15) is 9.59 Å². The van der Waals surface area contributed by atoms with Crippen LogP contribution in [0.25, 0.3) is 5.69 Å². The van der Waals surface area contributed by atoms with Gasteiger partial charge in [-0.2, -0.15) is 5.10 Å². The van der Waals surface area contributed by atoms with Crippen molar-refractivity contribution in [2.75, 3.05) is 24.3 Å². The largest absolute Gasteiger partial charge is 0.496 e. The average molecular weight is 590 g/mol. The maximum Gasteiger partial charge on any atom is 0.240 e. The van der Waals surface area contributed by atoms with Crippen LogP contribution in [-0.4, -0.2) is 46.0 Å². The van der Waals surface area contributed by atoms with Gasteiger partial charge >= 0.3 is 0 Å². The number of thioether (sulfide) groups is 1. The smallest absolute Gasteiger partial charge is 0.240 e. The number of methoxy groups -OCH3 is 1. The molecule has 0 saturated heterocycles. The summed E-state index contributed by atoms with van der Waals surface area (Å²) in [7, 11) is 1.64. The molecule has 1 aliphatic rings. The van der Waals surface area contributed by atoms with E-state index in [2.05, 4.69) is 31.1 Å². The van der Waals surface area contributed by atoms with Crippen molar-refractivity contribution in [3.8, 4) is 11.4 Å². The maximum absolute atomic E-state index is 13.9. The van der Waals surface area contributed by atoms with Crippen molar-refractivity contribution in [3.63, 3.8) is 0 Å². The summed E-state index contributed by atoms with van der Waals surface area (Å²) in [5.74, 6) is 0.929. The van der Waals surface area contributed by atoms with Crippen LogP contribution in [0.15, 0.2) is 73.1 Å². The molecule has 10 heteroatoms. The monoisotopic (exact) mass is 589 g/mol. The molecule has 41 heavy (non-hydrogen) atoms. The van der Waals surface area contributed by atoms with Gasteiger partial charge in [0.1, 0.15) is 18.1 Å². The molecule has 0 spiro atoms. The van der Waals surface area contributed by atoms with E-state index in [-0.39, 0.29) is 34.8 Å². The van der Waals surface area contributed by atoms with Crippen molar-refractivity contribution in [2.24, 2.45) is 0 Å². The number of nitrogens with zero attached hydrogens (tertiary/aromatic N) is 4. The van der Waals surface area contributed by atoms with Gasteiger partial charge in [-0.3, -0.25) is 19.5 Å². The van der Waals surface area contributed by atoms with Gasteiger partial charge in [-0.15, -0.1) is 11.8 Å². The number of benzene rings is 2. The van der Waals surface area contributed by atoms with Crippen molar-refractivity contribution in [1.29, 1.82) is 0 Å². The molecular formula is C31H32ClN5O3S. The first-order chi connectivity index (χ1) is 19.7. The first-order valence-corrected chi connectivity index (χ1v) is 14.7. The minimum Gasteiger partial charge on any atom is -0.496 e. The highest BCUT2D eigenvalue weighted by Crippen LogP contribution is 2.50. The molecule has 0 bridgehead atoms. The molecule has 4 aromatic rings. The first kappa shape index (κ1) is 28.7. The summed E-state index contributed by atoms with van der Waals surface area (Å²) >= 11 is 8.20. The lowest BCUT2D eigenvalue weighted by Crippen LogP contribution is -2.42. The fourth-order valence-corrected chi connectivity index (χ4v) is 6.33. The van der Waals surface area contributed by atoms with Crippen LogP contribution in [0.3, 0.4) is 0 Å². The van der Waals surface area contributed by atoms with Gasteiger partial charge < -0.3 is 10.1 Å². The zero-order chi connectivity index (χ0) is 29.1. The highest BCUT2D eigenvalue weighted by atomic mass is 35.5. The van der Waals surface area contributed by atoms with Gasteiger partial charge in [0.15, 0.2) is 0 Å². The SMILES string of the molecule is COc1ccccc1C1SCC(=O)N(CC(=O)NCc2cccnc2)c2c1c(C(C)(C)C)nn2-c1ccccc1Cl. The number of anilines is 1. The number of rotatable bonds is 7. The van der Waals surface area contributed by atoms with Crippen LogP contribution in [-0.2, 0) is 21.5 Å². The Morgan fingerprint density at radius 3 is 2.59 bits per heavy atom. The summed E-state index contributed by atoms with van der Waals surface area (Å²) in [6.45, 7) is 6.40. The van der Waals surface area contributed by atoms with Crippen LogP contribution in [0.1, 0.15) is 48.4 Å². The molecule has 0 saturated carbocycles. The molecule has 2 amide bonds. The molecule has 1 aliphatic heterocycles. The van der Waals surface area contributed by atoms with Crippen LogP contribution in [0.4, 0.5) is 5.82 Å². The predicted octanol–water partition coefficient (Wildman–Crippen LogP) is 5.71. The van der Waals surface area contributed by atoms with Gasteiger partial charge in [-0.25, -0.2) is 4.68 Å². The molecule has 5 rings (SSSR count). The van der Waals surface area contributed by atoms with Crippen LogP contribution < -0.4 is 15.0 Å². The molecule has 2 aromatic heterocycles. The zero-order valence-electron chi connectivity index (χ0n) is 23.4. The molecule has 1 unspecified atom stereocenters. The summed E-state index contributed by atoms with van der Waals surface area (Å²) < 4.78 is 7.47. The van der Waals surface area contributed by atoms with Gasteiger partial charge in [0, 0.05) is 35.5 Å². The molecule has 2 aromatic carbocycles. The third kappa shape index (κ3) is 5.96. The molecule has 212 valence electrons. The number of para-hydroxylation sites is 2. The highest BCUT2D eigenvalue weighted by molar-refractivity contribution is 8.00. The Labute approximate surface area is 249 Å². The summed E-state index contributed by atoms with van der Waals surface area (Å²) in [4.78, 5) is 32.8. The molecule has 0 fully saturated rings. The van der Waals surface area contributed by atoms with Gasteiger partial charge in [0.05, 0.1) is 34.5 Å². The lowest BCUT2D eigenvalue weighted by molar-refractivity contribution is -0.123. The Kier molecular flexibility index (Phi) is 8.37. The van der Waals surface area contributed by atoms with Crippen LogP contribution in [0.2, 0.25) is 5.02 Å². The molecule has 1 N–H and O–H groups in total. The maximum atomic E-state index is 13.9. The highest BCUT2D eigenvalue weighted by Gasteiger charge is 2.40. The van der Waals surface area contributed by atoms with Gasteiger partial charge in [0.25, 0.3) is 0 Å². The van der Waals surface area contributed by atoms with Crippen LogP contribution in [0, 0.1) is 0 Å². The second-order valence-corrected chi connectivity index (χ2v) is 12.3. The number of carbonyl (C=O) groups excluding carboxylic acids is 2. The quantitative estimate of drug-likeness (QED) is 0.297. The molecule has 0 radical (unpaired) electrons. The molecule has 3 heterocycles. The fourth-order valence-electron chi connectivity index (χ4n) is 4.90. The van der Waals surface area contributed by atoms with E-state index in [1.807, 2.05) is 54.6 Å². The second-order valence-electron chi connectivity index (χ2n) is 10.7. The van der Waals surface area contributed by atoms with Crippen molar-refractivity contribution in [1.82, 2.24) is 20.1 Å². The number of hydrogen-bond acceptors (Lipinski definition) is 6. The summed E-state index contributed by atoms with van der Waals surface area (Å²) in [6, 6.07) is 18.9. The lowest BCUT2D eigenvalue weighted by atomic mass is 9.87. The standard InChI is InChI=1S/C31H32ClN5O3S/c1-31(2,3)29-27-28(21-11-5-8-14-24(21)40-4)41-19-26(39)36(18-25(38)34-17-20-10-9-15-33-16-20)30(27)37(35-29)23-13-7-6-12-22(23)32/h5-16,28H,17-19H2,1-4H3,(H,34,38). The summed E-state index contributed by atoms with van der Waals surface area (Å²) in [6.07, 6.45) is 3.38. The van der Waals surface area contributed by atoms with E-state index in [0.29, 0.717) is 23.1 Å². The van der Waals surface area contributed by atoms with Gasteiger partial charge in [0.2, 0.25) is 11.8 Å². The van der Waals surface area contributed by atoms with Crippen molar-refractivity contribution < 1.29 is 14.3 Å². The van der Waals surface area contributed by atoms with E-state index in [1.54, 1.807) is 35.2 Å². The minimum absolute atomic E-state index is 0.166. The molecule has 0 aliphatic carbocycles. The Morgan fingerprint density at radius 2 is 1.88 bits per heavy atom. The number of carbonyl (C=O) groups is 2. The number of nitrogens with one attached hydrogen (secondary N) is 1. The van der Waals surface area contributed by atoms with E-state index in [0.717, 1.165) is 28.1 Å². The number of ether oxygens (including phenoxy) is 1. The minimum atomic E-state index is -0.390.